The van der Waals surface area contributed by atoms with Crippen molar-refractivity contribution in [2.45, 2.75) is 12.5 Å². The third-order valence-electron chi connectivity index (χ3n) is 2.47. The molecule has 0 saturated carbocycles. The van der Waals surface area contributed by atoms with Gasteiger partial charge in [0.1, 0.15) is 10.7 Å². The van der Waals surface area contributed by atoms with Gasteiger partial charge in [0.15, 0.2) is 9.84 Å². The molecule has 92 valence electrons. The van der Waals surface area contributed by atoms with Crippen molar-refractivity contribution in [3.05, 3.63) is 18.0 Å². The van der Waals surface area contributed by atoms with Crippen LogP contribution in [0.5, 0.6) is 0 Å². The summed E-state index contributed by atoms with van der Waals surface area (Å²) in [5.74, 6) is 0.685. The molecule has 17 heavy (non-hydrogen) atoms. The lowest BCUT2D eigenvalue weighted by atomic mass is 10.3. The Kier molecular flexibility index (Phi) is 3.25. The molecule has 3 N–H and O–H groups in total. The van der Waals surface area contributed by atoms with Crippen molar-refractivity contribution < 1.29 is 8.42 Å². The Morgan fingerprint density at radius 2 is 2.35 bits per heavy atom. The third kappa shape index (κ3) is 3.10. The first kappa shape index (κ1) is 12.2. The van der Waals surface area contributed by atoms with Crippen LogP contribution in [0.4, 0.5) is 5.95 Å². The molecule has 2 rings (SSSR count). The zero-order valence-corrected chi connectivity index (χ0v) is 10.6. The van der Waals surface area contributed by atoms with Gasteiger partial charge in [0.2, 0.25) is 5.95 Å². The molecule has 1 aromatic heterocycles. The molecule has 1 saturated heterocycles. The minimum Gasteiger partial charge on any atom is -0.388 e. The smallest absolute Gasteiger partial charge is 0.223 e. The van der Waals surface area contributed by atoms with E-state index >= 15 is 0 Å². The summed E-state index contributed by atoms with van der Waals surface area (Å²) in [6.45, 7) is 0. The Morgan fingerprint density at radius 1 is 1.59 bits per heavy atom. The van der Waals surface area contributed by atoms with Crippen LogP contribution in [0.1, 0.15) is 12.1 Å². The van der Waals surface area contributed by atoms with Gasteiger partial charge in [-0.3, -0.25) is 0 Å². The predicted octanol–water partition coefficient (Wildman–Crippen LogP) is -0.290. The highest BCUT2D eigenvalue weighted by molar-refractivity contribution is 7.91. The normalized spacial score (nSPS) is 22.2. The minimum absolute atomic E-state index is 0.119. The molecule has 1 fully saturated rings. The number of nitrogens with zero attached hydrogens (tertiary/aromatic N) is 2. The minimum atomic E-state index is -2.91. The Hall–Kier alpha value is -1.28. The highest BCUT2D eigenvalue weighted by Gasteiger charge is 2.28. The molecule has 0 aromatic carbocycles. The fraction of sp³-hybridized carbons (Fsp3) is 0.444. The summed E-state index contributed by atoms with van der Waals surface area (Å²) >= 11 is 4.80. The maximum Gasteiger partial charge on any atom is 0.223 e. The number of nitrogens with one attached hydrogen (secondary N) is 1. The Balaban J connectivity index is 2.09. The average Bonchev–Trinajstić information content (AvgIpc) is 2.58. The number of thiocarbonyl (C=S) groups is 1. The van der Waals surface area contributed by atoms with Crippen LogP contribution >= 0.6 is 12.2 Å². The number of aromatic nitrogens is 2. The number of sulfone groups is 1. The predicted molar refractivity (Wildman–Crippen MR) is 68.6 cm³/mol. The van der Waals surface area contributed by atoms with Crippen LogP contribution in [-0.2, 0) is 9.84 Å². The lowest BCUT2D eigenvalue weighted by molar-refractivity contribution is 0.602. The van der Waals surface area contributed by atoms with Crippen molar-refractivity contribution >= 4 is 33.0 Å². The summed E-state index contributed by atoms with van der Waals surface area (Å²) < 4.78 is 22.6. The van der Waals surface area contributed by atoms with Crippen molar-refractivity contribution in [1.82, 2.24) is 9.97 Å². The van der Waals surface area contributed by atoms with E-state index in [9.17, 15) is 8.42 Å². The second-order valence-corrected chi connectivity index (χ2v) is 6.54. The summed E-state index contributed by atoms with van der Waals surface area (Å²) in [5, 5.41) is 2.98. The summed E-state index contributed by atoms with van der Waals surface area (Å²) in [4.78, 5) is 8.29. The molecule has 1 aliphatic rings. The first-order valence-electron chi connectivity index (χ1n) is 5.06. The van der Waals surface area contributed by atoms with Crippen molar-refractivity contribution in [2.24, 2.45) is 5.73 Å². The van der Waals surface area contributed by atoms with Crippen LogP contribution in [-0.4, -0.2) is 40.9 Å². The lowest BCUT2D eigenvalue weighted by Gasteiger charge is -2.10. The van der Waals surface area contributed by atoms with Crippen molar-refractivity contribution in [3.8, 4) is 0 Å². The Morgan fingerprint density at radius 3 is 2.94 bits per heavy atom. The maximum absolute atomic E-state index is 11.3. The SMILES string of the molecule is NC(=S)c1ccnc(NC2CCS(=O)(=O)C2)n1. The average molecular weight is 272 g/mol. The number of hydrogen-bond donors (Lipinski definition) is 2. The molecule has 0 amide bonds. The van der Waals surface area contributed by atoms with Gasteiger partial charge in [0.05, 0.1) is 11.5 Å². The molecule has 0 spiro atoms. The summed E-state index contributed by atoms with van der Waals surface area (Å²) in [6, 6.07) is 1.47. The van der Waals surface area contributed by atoms with Crippen molar-refractivity contribution in [2.75, 3.05) is 16.8 Å². The van der Waals surface area contributed by atoms with Gasteiger partial charge in [0.25, 0.3) is 0 Å². The van der Waals surface area contributed by atoms with Crippen molar-refractivity contribution in [3.63, 3.8) is 0 Å². The summed E-state index contributed by atoms with van der Waals surface area (Å²) in [5.41, 5.74) is 5.92. The molecular weight excluding hydrogens is 260 g/mol. The van der Waals surface area contributed by atoms with Gasteiger partial charge in [-0.05, 0) is 12.5 Å². The van der Waals surface area contributed by atoms with E-state index in [0.29, 0.717) is 18.1 Å². The van der Waals surface area contributed by atoms with E-state index in [1.807, 2.05) is 0 Å². The van der Waals surface area contributed by atoms with E-state index in [4.69, 9.17) is 18.0 Å². The zero-order valence-electron chi connectivity index (χ0n) is 8.96. The number of hydrogen-bond acceptors (Lipinski definition) is 6. The fourth-order valence-electron chi connectivity index (χ4n) is 1.66. The lowest BCUT2D eigenvalue weighted by Crippen LogP contribution is -2.23. The van der Waals surface area contributed by atoms with Gasteiger partial charge in [-0.25, -0.2) is 18.4 Å². The largest absolute Gasteiger partial charge is 0.388 e. The van der Waals surface area contributed by atoms with E-state index in [-0.39, 0.29) is 22.5 Å². The third-order valence-corrected chi connectivity index (χ3v) is 4.45. The Labute approximate surface area is 105 Å². The first-order chi connectivity index (χ1) is 7.96. The van der Waals surface area contributed by atoms with Gasteiger partial charge >= 0.3 is 0 Å². The van der Waals surface area contributed by atoms with Gasteiger partial charge in [0, 0.05) is 12.2 Å². The fourth-order valence-corrected chi connectivity index (χ4v) is 3.44. The molecule has 1 aliphatic heterocycles. The molecule has 2 heterocycles. The highest BCUT2D eigenvalue weighted by Crippen LogP contribution is 2.15. The number of anilines is 1. The van der Waals surface area contributed by atoms with E-state index in [1.165, 1.54) is 6.20 Å². The van der Waals surface area contributed by atoms with Crippen molar-refractivity contribution in [1.29, 1.82) is 0 Å². The number of nitrogens with two attached hydrogens (primary N) is 1. The van der Waals surface area contributed by atoms with E-state index in [0.717, 1.165) is 0 Å². The molecule has 0 aliphatic carbocycles. The number of rotatable bonds is 3. The molecule has 8 heteroatoms. The summed E-state index contributed by atoms with van der Waals surface area (Å²) in [7, 11) is -2.91. The molecule has 0 bridgehead atoms. The zero-order chi connectivity index (χ0) is 12.5. The van der Waals surface area contributed by atoms with Crippen LogP contribution in [0.15, 0.2) is 12.3 Å². The van der Waals surface area contributed by atoms with E-state index < -0.39 is 9.84 Å². The highest BCUT2D eigenvalue weighted by atomic mass is 32.2. The summed E-state index contributed by atoms with van der Waals surface area (Å²) in [6.07, 6.45) is 2.11. The molecule has 1 unspecified atom stereocenters. The standard InChI is InChI=1S/C9H12N4O2S2/c10-8(16)7-1-3-11-9(13-7)12-6-2-4-17(14,15)5-6/h1,3,6H,2,4-5H2,(H2,10,16)(H,11,12,13). The second-order valence-electron chi connectivity index (χ2n) is 3.87. The second kappa shape index (κ2) is 4.53. The molecule has 0 radical (unpaired) electrons. The van der Waals surface area contributed by atoms with Crippen LogP contribution < -0.4 is 11.1 Å². The van der Waals surface area contributed by atoms with E-state index in [2.05, 4.69) is 15.3 Å². The molecular formula is C9H12N4O2S2. The molecule has 6 nitrogen and oxygen atoms in total. The van der Waals surface area contributed by atoms with Gasteiger partial charge in [-0.15, -0.1) is 0 Å². The van der Waals surface area contributed by atoms with Gasteiger partial charge < -0.3 is 11.1 Å². The quantitative estimate of drug-likeness (QED) is 0.729. The van der Waals surface area contributed by atoms with Gasteiger partial charge in [-0.1, -0.05) is 12.2 Å². The monoisotopic (exact) mass is 272 g/mol. The topological polar surface area (TPSA) is 98.0 Å². The molecule has 1 atom stereocenters. The van der Waals surface area contributed by atoms with Crippen LogP contribution in [0.25, 0.3) is 0 Å². The Bertz CT molecular complexity index is 544. The van der Waals surface area contributed by atoms with Crippen LogP contribution in [0.2, 0.25) is 0 Å². The van der Waals surface area contributed by atoms with E-state index in [1.54, 1.807) is 6.07 Å². The first-order valence-corrected chi connectivity index (χ1v) is 7.29. The maximum atomic E-state index is 11.3. The van der Waals surface area contributed by atoms with Crippen LogP contribution in [0.3, 0.4) is 0 Å². The molecule has 1 aromatic rings. The van der Waals surface area contributed by atoms with Gasteiger partial charge in [-0.2, -0.15) is 0 Å². The van der Waals surface area contributed by atoms with Crippen LogP contribution in [0, 0.1) is 0 Å².